The van der Waals surface area contributed by atoms with E-state index in [1.54, 1.807) is 6.07 Å². The second-order valence-corrected chi connectivity index (χ2v) is 4.04. The standard InChI is InChI=1S/C11H17N3O2/c1-7(2)6-16-11(15)14-10-4-8(3)9(12)5-13-10/h4-5,7H,6,12H2,1-3H3,(H,13,14,15). The van der Waals surface area contributed by atoms with Crippen LogP contribution in [0.2, 0.25) is 0 Å². The van der Waals surface area contributed by atoms with Crippen LogP contribution < -0.4 is 11.1 Å². The quantitative estimate of drug-likeness (QED) is 0.823. The lowest BCUT2D eigenvalue weighted by molar-refractivity contribution is 0.147. The Labute approximate surface area is 95.0 Å². The van der Waals surface area contributed by atoms with Gasteiger partial charge in [-0.2, -0.15) is 0 Å². The minimum atomic E-state index is -0.495. The van der Waals surface area contributed by atoms with Gasteiger partial charge in [-0.25, -0.2) is 9.78 Å². The summed E-state index contributed by atoms with van der Waals surface area (Å²) in [6, 6.07) is 1.70. The van der Waals surface area contributed by atoms with Crippen LogP contribution >= 0.6 is 0 Å². The molecule has 0 saturated carbocycles. The van der Waals surface area contributed by atoms with Crippen molar-refractivity contribution in [3.05, 3.63) is 17.8 Å². The average molecular weight is 223 g/mol. The molecule has 0 bridgehead atoms. The topological polar surface area (TPSA) is 77.2 Å². The summed E-state index contributed by atoms with van der Waals surface area (Å²) in [5.74, 6) is 0.757. The van der Waals surface area contributed by atoms with E-state index in [-0.39, 0.29) is 0 Å². The van der Waals surface area contributed by atoms with Gasteiger partial charge in [-0.05, 0) is 24.5 Å². The number of carbonyl (C=O) groups excluding carboxylic acids is 1. The normalized spacial score (nSPS) is 10.2. The fraction of sp³-hybridized carbons (Fsp3) is 0.455. The molecule has 1 heterocycles. The molecule has 5 nitrogen and oxygen atoms in total. The van der Waals surface area contributed by atoms with Crippen LogP contribution in [0.5, 0.6) is 0 Å². The average Bonchev–Trinajstić information content (AvgIpc) is 2.21. The van der Waals surface area contributed by atoms with Crippen LogP contribution in [-0.4, -0.2) is 17.7 Å². The second-order valence-electron chi connectivity index (χ2n) is 4.04. The van der Waals surface area contributed by atoms with E-state index in [1.807, 2.05) is 20.8 Å². The van der Waals surface area contributed by atoms with E-state index < -0.39 is 6.09 Å². The molecule has 1 rings (SSSR count). The van der Waals surface area contributed by atoms with Gasteiger partial charge in [-0.3, -0.25) is 5.32 Å². The Hall–Kier alpha value is -1.78. The van der Waals surface area contributed by atoms with E-state index in [1.165, 1.54) is 6.20 Å². The molecule has 0 spiro atoms. The predicted octanol–water partition coefficient (Wildman–Crippen LogP) is 2.18. The fourth-order valence-electron chi connectivity index (χ4n) is 1.02. The molecule has 0 atom stereocenters. The SMILES string of the molecule is Cc1cc(NC(=O)OCC(C)C)ncc1N. The maximum atomic E-state index is 11.3. The van der Waals surface area contributed by atoms with E-state index in [9.17, 15) is 4.79 Å². The zero-order chi connectivity index (χ0) is 12.1. The van der Waals surface area contributed by atoms with Gasteiger partial charge < -0.3 is 10.5 Å². The number of anilines is 2. The highest BCUT2D eigenvalue weighted by Crippen LogP contribution is 2.13. The lowest BCUT2D eigenvalue weighted by Crippen LogP contribution is -2.17. The summed E-state index contributed by atoms with van der Waals surface area (Å²) in [5.41, 5.74) is 7.08. The molecule has 0 radical (unpaired) electrons. The molecule has 0 saturated heterocycles. The van der Waals surface area contributed by atoms with Crippen LogP contribution in [-0.2, 0) is 4.74 Å². The van der Waals surface area contributed by atoms with Crippen molar-refractivity contribution in [2.45, 2.75) is 20.8 Å². The number of rotatable bonds is 3. The van der Waals surface area contributed by atoms with Crippen molar-refractivity contribution in [2.75, 3.05) is 17.7 Å². The van der Waals surface area contributed by atoms with Gasteiger partial charge in [-0.1, -0.05) is 13.8 Å². The van der Waals surface area contributed by atoms with Crippen LogP contribution in [0.3, 0.4) is 0 Å². The number of nitrogens with one attached hydrogen (secondary N) is 1. The molecule has 0 aliphatic carbocycles. The number of nitrogen functional groups attached to an aromatic ring is 1. The molecule has 0 aromatic carbocycles. The number of carbonyl (C=O) groups is 1. The van der Waals surface area contributed by atoms with Crippen molar-refractivity contribution in [1.82, 2.24) is 4.98 Å². The Morgan fingerprint density at radius 2 is 2.31 bits per heavy atom. The van der Waals surface area contributed by atoms with Crippen molar-refractivity contribution in [3.63, 3.8) is 0 Å². The van der Waals surface area contributed by atoms with Crippen LogP contribution in [0.1, 0.15) is 19.4 Å². The Bertz CT molecular complexity index is 377. The highest BCUT2D eigenvalue weighted by molar-refractivity contribution is 5.83. The fourth-order valence-corrected chi connectivity index (χ4v) is 1.02. The number of amides is 1. The monoisotopic (exact) mass is 223 g/mol. The predicted molar refractivity (Wildman–Crippen MR) is 63.2 cm³/mol. The number of pyridine rings is 1. The number of hydrogen-bond donors (Lipinski definition) is 2. The third-order valence-electron chi connectivity index (χ3n) is 1.93. The lowest BCUT2D eigenvalue weighted by Gasteiger charge is -2.09. The molecule has 88 valence electrons. The van der Waals surface area contributed by atoms with Gasteiger partial charge in [0.2, 0.25) is 0 Å². The van der Waals surface area contributed by atoms with Gasteiger partial charge in [0.15, 0.2) is 0 Å². The number of aromatic nitrogens is 1. The Morgan fingerprint density at radius 1 is 1.62 bits per heavy atom. The summed E-state index contributed by atoms with van der Waals surface area (Å²) in [4.78, 5) is 15.3. The van der Waals surface area contributed by atoms with Crippen molar-refractivity contribution in [3.8, 4) is 0 Å². The van der Waals surface area contributed by atoms with Crippen molar-refractivity contribution >= 4 is 17.6 Å². The maximum Gasteiger partial charge on any atom is 0.412 e. The first-order valence-electron chi connectivity index (χ1n) is 5.15. The second kappa shape index (κ2) is 5.34. The first-order valence-corrected chi connectivity index (χ1v) is 5.15. The van der Waals surface area contributed by atoms with E-state index in [0.29, 0.717) is 24.0 Å². The third kappa shape index (κ3) is 3.76. The smallest absolute Gasteiger partial charge is 0.412 e. The Morgan fingerprint density at radius 3 is 2.88 bits per heavy atom. The molecule has 0 aliphatic rings. The van der Waals surface area contributed by atoms with Crippen LogP contribution in [0.25, 0.3) is 0 Å². The Balaban J connectivity index is 2.53. The van der Waals surface area contributed by atoms with Crippen LogP contribution in [0, 0.1) is 12.8 Å². The van der Waals surface area contributed by atoms with Crippen molar-refractivity contribution in [2.24, 2.45) is 5.92 Å². The van der Waals surface area contributed by atoms with Gasteiger partial charge in [0.05, 0.1) is 18.5 Å². The number of ether oxygens (including phenoxy) is 1. The molecule has 1 aromatic heterocycles. The summed E-state index contributed by atoms with van der Waals surface area (Å²) in [7, 11) is 0. The molecule has 0 aliphatic heterocycles. The van der Waals surface area contributed by atoms with Gasteiger partial charge >= 0.3 is 6.09 Å². The first-order chi connectivity index (χ1) is 7.49. The van der Waals surface area contributed by atoms with E-state index in [2.05, 4.69) is 10.3 Å². The third-order valence-corrected chi connectivity index (χ3v) is 1.93. The number of aryl methyl sites for hydroxylation is 1. The minimum Gasteiger partial charge on any atom is -0.449 e. The molecule has 1 amide bonds. The van der Waals surface area contributed by atoms with E-state index in [0.717, 1.165) is 5.56 Å². The number of nitrogens with zero attached hydrogens (tertiary/aromatic N) is 1. The molecule has 16 heavy (non-hydrogen) atoms. The molecular weight excluding hydrogens is 206 g/mol. The summed E-state index contributed by atoms with van der Waals surface area (Å²) < 4.78 is 4.96. The number of nitrogens with two attached hydrogens (primary N) is 1. The molecular formula is C11H17N3O2. The first kappa shape index (κ1) is 12.3. The molecule has 1 aromatic rings. The minimum absolute atomic E-state index is 0.312. The van der Waals surface area contributed by atoms with Crippen molar-refractivity contribution < 1.29 is 9.53 Å². The molecule has 0 fully saturated rings. The van der Waals surface area contributed by atoms with E-state index in [4.69, 9.17) is 10.5 Å². The largest absolute Gasteiger partial charge is 0.449 e. The lowest BCUT2D eigenvalue weighted by atomic mass is 10.2. The summed E-state index contributed by atoms with van der Waals surface area (Å²) >= 11 is 0. The Kier molecular flexibility index (Phi) is 4.10. The maximum absolute atomic E-state index is 11.3. The molecule has 3 N–H and O–H groups in total. The summed E-state index contributed by atoms with van der Waals surface area (Å²) in [5, 5.41) is 2.54. The van der Waals surface area contributed by atoms with Gasteiger partial charge in [0.1, 0.15) is 5.82 Å². The van der Waals surface area contributed by atoms with E-state index >= 15 is 0 Å². The zero-order valence-electron chi connectivity index (χ0n) is 9.78. The van der Waals surface area contributed by atoms with Crippen LogP contribution in [0.15, 0.2) is 12.3 Å². The van der Waals surface area contributed by atoms with Gasteiger partial charge in [-0.15, -0.1) is 0 Å². The van der Waals surface area contributed by atoms with Gasteiger partial charge in [0, 0.05) is 0 Å². The molecule has 0 unspecified atom stereocenters. The van der Waals surface area contributed by atoms with Crippen molar-refractivity contribution in [1.29, 1.82) is 0 Å². The zero-order valence-corrected chi connectivity index (χ0v) is 9.78. The molecule has 5 heteroatoms. The van der Waals surface area contributed by atoms with Crippen LogP contribution in [0.4, 0.5) is 16.3 Å². The summed E-state index contributed by atoms with van der Waals surface area (Å²) in [6.45, 7) is 6.18. The summed E-state index contributed by atoms with van der Waals surface area (Å²) in [6.07, 6.45) is 1.01. The highest BCUT2D eigenvalue weighted by Gasteiger charge is 2.06. The van der Waals surface area contributed by atoms with Gasteiger partial charge in [0.25, 0.3) is 0 Å². The highest BCUT2D eigenvalue weighted by atomic mass is 16.5. The number of hydrogen-bond acceptors (Lipinski definition) is 4.